The molecule has 0 atom stereocenters. The molecule has 1 aromatic carbocycles. The van der Waals surface area contributed by atoms with Crippen LogP contribution in [0.2, 0.25) is 0 Å². The fraction of sp³-hybridized carbons (Fsp3) is 0.421. The summed E-state index contributed by atoms with van der Waals surface area (Å²) < 4.78 is 28.6. The maximum absolute atomic E-state index is 13.8. The Labute approximate surface area is 156 Å². The van der Waals surface area contributed by atoms with Gasteiger partial charge in [0.05, 0.1) is 5.56 Å². The summed E-state index contributed by atoms with van der Waals surface area (Å²) in [5, 5.41) is 7.02. The van der Waals surface area contributed by atoms with Crippen molar-refractivity contribution >= 4 is 11.8 Å². The first-order valence-electron chi connectivity index (χ1n) is 9.04. The second-order valence-electron chi connectivity index (χ2n) is 6.60. The van der Waals surface area contributed by atoms with Gasteiger partial charge < -0.3 is 10.2 Å². The summed E-state index contributed by atoms with van der Waals surface area (Å²) in [6.45, 7) is 2.06. The van der Waals surface area contributed by atoms with Crippen LogP contribution in [0.4, 0.5) is 8.78 Å². The molecule has 1 N–H and O–H groups in total. The van der Waals surface area contributed by atoms with Crippen molar-refractivity contribution in [3.8, 4) is 0 Å². The lowest BCUT2D eigenvalue weighted by atomic mass is 9.95. The van der Waals surface area contributed by atoms with Crippen LogP contribution >= 0.6 is 0 Å². The van der Waals surface area contributed by atoms with E-state index in [4.69, 9.17) is 0 Å². The molecule has 0 aliphatic carbocycles. The van der Waals surface area contributed by atoms with Gasteiger partial charge in [0.15, 0.2) is 0 Å². The number of benzene rings is 1. The molecule has 0 unspecified atom stereocenters. The summed E-state index contributed by atoms with van der Waals surface area (Å²) in [7, 11) is 0. The maximum Gasteiger partial charge on any atom is 0.256 e. The van der Waals surface area contributed by atoms with Gasteiger partial charge in [0, 0.05) is 50.6 Å². The Balaban J connectivity index is 1.42. The minimum absolute atomic E-state index is 0.0180. The molecule has 0 saturated carbocycles. The highest BCUT2D eigenvalue weighted by molar-refractivity contribution is 5.94. The highest BCUT2D eigenvalue weighted by atomic mass is 19.1. The lowest BCUT2D eigenvalue weighted by Gasteiger charge is -2.31. The number of piperidine rings is 1. The normalized spacial score (nSPS) is 15.0. The molecule has 1 saturated heterocycles. The Bertz CT molecular complexity index is 787. The second-order valence-corrected chi connectivity index (χ2v) is 6.60. The molecule has 1 aromatic heterocycles. The summed E-state index contributed by atoms with van der Waals surface area (Å²) in [5.41, 5.74) is -0.141. The van der Waals surface area contributed by atoms with E-state index in [-0.39, 0.29) is 17.4 Å². The second kappa shape index (κ2) is 8.75. The summed E-state index contributed by atoms with van der Waals surface area (Å²) in [6, 6.07) is 4.79. The van der Waals surface area contributed by atoms with E-state index in [2.05, 4.69) is 10.4 Å². The van der Waals surface area contributed by atoms with Gasteiger partial charge in [0.1, 0.15) is 11.6 Å². The van der Waals surface area contributed by atoms with Gasteiger partial charge in [-0.1, -0.05) is 0 Å². The van der Waals surface area contributed by atoms with Crippen molar-refractivity contribution < 1.29 is 18.4 Å². The summed E-state index contributed by atoms with van der Waals surface area (Å²) in [4.78, 5) is 26.2. The molecule has 6 nitrogen and oxygen atoms in total. The highest BCUT2D eigenvalue weighted by Crippen LogP contribution is 2.20. The number of carbonyl (C=O) groups excluding carboxylic acids is 2. The number of nitrogens with zero attached hydrogens (tertiary/aromatic N) is 3. The number of aryl methyl sites for hydroxylation is 1. The van der Waals surface area contributed by atoms with Crippen LogP contribution in [-0.2, 0) is 11.3 Å². The van der Waals surface area contributed by atoms with Crippen molar-refractivity contribution in [2.24, 2.45) is 5.92 Å². The first-order chi connectivity index (χ1) is 13.0. The van der Waals surface area contributed by atoms with Crippen molar-refractivity contribution in [3.05, 3.63) is 53.9 Å². The van der Waals surface area contributed by atoms with Crippen LogP contribution in [0.5, 0.6) is 0 Å². The average molecular weight is 376 g/mol. The van der Waals surface area contributed by atoms with E-state index < -0.39 is 17.5 Å². The molecule has 3 rings (SSSR count). The van der Waals surface area contributed by atoms with Gasteiger partial charge in [0.25, 0.3) is 5.91 Å². The number of hydrogen-bond donors (Lipinski definition) is 1. The van der Waals surface area contributed by atoms with E-state index in [1.807, 2.05) is 16.9 Å². The van der Waals surface area contributed by atoms with Gasteiger partial charge in [0.2, 0.25) is 5.91 Å². The molecule has 27 heavy (non-hydrogen) atoms. The van der Waals surface area contributed by atoms with Gasteiger partial charge in [-0.05, 0) is 37.5 Å². The quantitative estimate of drug-likeness (QED) is 0.786. The number of nitrogens with one attached hydrogen (secondary N) is 1. The van der Waals surface area contributed by atoms with Crippen molar-refractivity contribution in [2.75, 3.05) is 19.6 Å². The summed E-state index contributed by atoms with van der Waals surface area (Å²) in [5.74, 6) is -2.22. The molecule has 0 radical (unpaired) electrons. The van der Waals surface area contributed by atoms with Crippen LogP contribution in [0.15, 0.2) is 36.7 Å². The third kappa shape index (κ3) is 4.90. The number of aromatic nitrogens is 2. The van der Waals surface area contributed by atoms with Gasteiger partial charge in [-0.15, -0.1) is 0 Å². The Morgan fingerprint density at radius 2 is 2.00 bits per heavy atom. The van der Waals surface area contributed by atoms with Crippen molar-refractivity contribution in [1.29, 1.82) is 0 Å². The molecule has 8 heteroatoms. The lowest BCUT2D eigenvalue weighted by molar-refractivity contribution is -0.126. The minimum Gasteiger partial charge on any atom is -0.356 e. The van der Waals surface area contributed by atoms with Crippen LogP contribution in [-0.4, -0.2) is 46.1 Å². The van der Waals surface area contributed by atoms with Crippen molar-refractivity contribution in [3.63, 3.8) is 0 Å². The SMILES string of the molecule is O=C(NCCCn1cccn1)C1CCN(C(=O)c2ccc(F)cc2F)CC1. The predicted octanol–water partition coefficient (Wildman–Crippen LogP) is 2.22. The van der Waals surface area contributed by atoms with Crippen LogP contribution in [0, 0.1) is 17.6 Å². The molecule has 1 aliphatic heterocycles. The lowest BCUT2D eigenvalue weighted by Crippen LogP contribution is -2.43. The molecule has 2 amide bonds. The van der Waals surface area contributed by atoms with E-state index in [1.165, 1.54) is 4.90 Å². The van der Waals surface area contributed by atoms with Gasteiger partial charge in [-0.3, -0.25) is 14.3 Å². The number of rotatable bonds is 6. The monoisotopic (exact) mass is 376 g/mol. The Hall–Kier alpha value is -2.77. The molecule has 1 fully saturated rings. The zero-order valence-corrected chi connectivity index (χ0v) is 14.9. The Kier molecular flexibility index (Phi) is 6.16. The molecule has 1 aliphatic rings. The summed E-state index contributed by atoms with van der Waals surface area (Å²) >= 11 is 0. The highest BCUT2D eigenvalue weighted by Gasteiger charge is 2.28. The molecule has 2 heterocycles. The first-order valence-corrected chi connectivity index (χ1v) is 9.04. The molecule has 2 aromatic rings. The van der Waals surface area contributed by atoms with Crippen LogP contribution in [0.25, 0.3) is 0 Å². The topological polar surface area (TPSA) is 67.2 Å². The largest absolute Gasteiger partial charge is 0.356 e. The maximum atomic E-state index is 13.8. The van der Waals surface area contributed by atoms with E-state index in [0.717, 1.165) is 25.1 Å². The van der Waals surface area contributed by atoms with Gasteiger partial charge >= 0.3 is 0 Å². The molecule has 144 valence electrons. The smallest absolute Gasteiger partial charge is 0.256 e. The predicted molar refractivity (Wildman–Crippen MR) is 94.8 cm³/mol. The fourth-order valence-electron chi connectivity index (χ4n) is 3.21. The molecular formula is C19H22F2N4O2. The number of halogens is 2. The third-order valence-electron chi connectivity index (χ3n) is 4.74. The van der Waals surface area contributed by atoms with Gasteiger partial charge in [-0.2, -0.15) is 5.10 Å². The van der Waals surface area contributed by atoms with E-state index in [1.54, 1.807) is 6.20 Å². The van der Waals surface area contributed by atoms with Gasteiger partial charge in [-0.25, -0.2) is 8.78 Å². The average Bonchev–Trinajstić information content (AvgIpc) is 3.18. The van der Waals surface area contributed by atoms with Crippen LogP contribution in [0.3, 0.4) is 0 Å². The zero-order valence-electron chi connectivity index (χ0n) is 14.9. The first kappa shape index (κ1) is 19.0. The van der Waals surface area contributed by atoms with Crippen LogP contribution < -0.4 is 5.32 Å². The molecular weight excluding hydrogens is 354 g/mol. The number of hydrogen-bond acceptors (Lipinski definition) is 3. The summed E-state index contributed by atoms with van der Waals surface area (Å²) in [6.07, 6.45) is 5.43. The van der Waals surface area contributed by atoms with E-state index in [0.29, 0.717) is 38.5 Å². The van der Waals surface area contributed by atoms with Crippen molar-refractivity contribution in [1.82, 2.24) is 20.0 Å². The Morgan fingerprint density at radius 1 is 1.22 bits per heavy atom. The number of likely N-dealkylation sites (tertiary alicyclic amines) is 1. The molecule has 0 spiro atoms. The number of carbonyl (C=O) groups is 2. The molecule has 0 bridgehead atoms. The van der Waals surface area contributed by atoms with Crippen LogP contribution in [0.1, 0.15) is 29.6 Å². The third-order valence-corrected chi connectivity index (χ3v) is 4.74. The van der Waals surface area contributed by atoms with E-state index in [9.17, 15) is 18.4 Å². The van der Waals surface area contributed by atoms with E-state index >= 15 is 0 Å². The zero-order chi connectivity index (χ0) is 19.2. The van der Waals surface area contributed by atoms with Crippen molar-refractivity contribution in [2.45, 2.75) is 25.8 Å². The standard InChI is InChI=1S/C19H22F2N4O2/c20-15-3-4-16(17(21)13-15)19(27)24-11-5-14(6-12-24)18(26)22-7-1-9-25-10-2-8-23-25/h2-4,8,10,13-14H,1,5-7,9,11-12H2,(H,22,26). The fourth-order valence-corrected chi connectivity index (χ4v) is 3.21. The number of amides is 2. The Morgan fingerprint density at radius 3 is 2.67 bits per heavy atom. The minimum atomic E-state index is -0.864.